The Hall–Kier alpha value is -1.95. The van der Waals surface area contributed by atoms with Crippen molar-refractivity contribution in [3.63, 3.8) is 0 Å². The maximum Gasteiger partial charge on any atom is 0.318 e. The van der Waals surface area contributed by atoms with E-state index in [2.05, 4.69) is 5.32 Å². The van der Waals surface area contributed by atoms with Crippen molar-refractivity contribution in [2.75, 3.05) is 19.0 Å². The van der Waals surface area contributed by atoms with Crippen LogP contribution in [0.2, 0.25) is 5.02 Å². The van der Waals surface area contributed by atoms with E-state index in [1.807, 2.05) is 5.32 Å². The van der Waals surface area contributed by atoms with E-state index in [9.17, 15) is 9.59 Å². The van der Waals surface area contributed by atoms with Crippen LogP contribution in [0, 0.1) is 0 Å². The number of anilines is 1. The maximum absolute atomic E-state index is 11.1. The Morgan fingerprint density at radius 1 is 1.47 bits per heavy atom. The Kier molecular flexibility index (Phi) is 4.59. The van der Waals surface area contributed by atoms with Crippen molar-refractivity contribution >= 4 is 29.2 Å². The van der Waals surface area contributed by atoms with Gasteiger partial charge in [-0.1, -0.05) is 11.6 Å². The molecular weight excluding hydrogens is 246 g/mol. The van der Waals surface area contributed by atoms with E-state index in [1.54, 1.807) is 18.2 Å². The third-order valence-electron chi connectivity index (χ3n) is 1.87. The summed E-state index contributed by atoms with van der Waals surface area (Å²) in [5.74, 6) is 0.0169. The first kappa shape index (κ1) is 13.1. The molecule has 1 aromatic rings. The molecule has 0 fully saturated rings. The second kappa shape index (κ2) is 5.95. The summed E-state index contributed by atoms with van der Waals surface area (Å²) in [4.78, 5) is 21.5. The molecule has 0 radical (unpaired) electrons. The van der Waals surface area contributed by atoms with Crippen molar-refractivity contribution < 1.29 is 14.3 Å². The number of amides is 3. The summed E-state index contributed by atoms with van der Waals surface area (Å²) in [5.41, 5.74) is 5.42. The lowest BCUT2D eigenvalue weighted by Crippen LogP contribution is -2.38. The van der Waals surface area contributed by atoms with Gasteiger partial charge in [-0.3, -0.25) is 10.1 Å². The zero-order valence-electron chi connectivity index (χ0n) is 9.12. The number of nitrogens with one attached hydrogen (secondary N) is 2. The first-order valence-corrected chi connectivity index (χ1v) is 5.07. The molecule has 3 amide bonds. The SMILES string of the molecule is COc1ccc(NCC(=O)NC(N)=O)cc1Cl. The van der Waals surface area contributed by atoms with Crippen LogP contribution in [-0.4, -0.2) is 25.6 Å². The van der Waals surface area contributed by atoms with Gasteiger partial charge in [-0.25, -0.2) is 4.79 Å². The van der Waals surface area contributed by atoms with E-state index < -0.39 is 11.9 Å². The number of halogens is 1. The monoisotopic (exact) mass is 257 g/mol. The van der Waals surface area contributed by atoms with Crippen molar-refractivity contribution in [2.24, 2.45) is 5.73 Å². The zero-order valence-corrected chi connectivity index (χ0v) is 9.88. The third kappa shape index (κ3) is 4.20. The van der Waals surface area contributed by atoms with Crippen LogP contribution in [0.1, 0.15) is 0 Å². The highest BCUT2D eigenvalue weighted by molar-refractivity contribution is 6.32. The molecule has 0 bridgehead atoms. The van der Waals surface area contributed by atoms with E-state index in [0.717, 1.165) is 0 Å². The normalized spacial score (nSPS) is 9.53. The second-order valence-corrected chi connectivity index (χ2v) is 3.52. The fraction of sp³-hybridized carbons (Fsp3) is 0.200. The summed E-state index contributed by atoms with van der Waals surface area (Å²) in [6, 6.07) is 4.08. The molecule has 0 unspecified atom stereocenters. The van der Waals surface area contributed by atoms with Gasteiger partial charge < -0.3 is 15.8 Å². The molecule has 1 rings (SSSR count). The molecule has 0 atom stereocenters. The summed E-state index contributed by atoms with van der Waals surface area (Å²) in [6.45, 7) is -0.0778. The Bertz CT molecular complexity index is 437. The molecule has 0 aliphatic rings. The second-order valence-electron chi connectivity index (χ2n) is 3.12. The molecular formula is C10H12ClN3O3. The van der Waals surface area contributed by atoms with Gasteiger partial charge in [0.1, 0.15) is 5.75 Å². The Labute approximate surface area is 103 Å². The highest BCUT2D eigenvalue weighted by atomic mass is 35.5. The van der Waals surface area contributed by atoms with Crippen LogP contribution in [0.3, 0.4) is 0 Å². The van der Waals surface area contributed by atoms with Gasteiger partial charge in [0.15, 0.2) is 0 Å². The van der Waals surface area contributed by atoms with Gasteiger partial charge in [0.05, 0.1) is 18.7 Å². The molecule has 7 heteroatoms. The van der Waals surface area contributed by atoms with Crippen LogP contribution in [0.5, 0.6) is 5.75 Å². The molecule has 6 nitrogen and oxygen atoms in total. The zero-order chi connectivity index (χ0) is 12.8. The van der Waals surface area contributed by atoms with Crippen molar-refractivity contribution in [3.05, 3.63) is 23.2 Å². The number of nitrogens with two attached hydrogens (primary N) is 1. The number of benzene rings is 1. The number of carbonyl (C=O) groups excluding carboxylic acids is 2. The lowest BCUT2D eigenvalue weighted by atomic mass is 10.3. The van der Waals surface area contributed by atoms with Crippen LogP contribution < -0.4 is 21.1 Å². The highest BCUT2D eigenvalue weighted by Crippen LogP contribution is 2.26. The minimum atomic E-state index is -0.885. The van der Waals surface area contributed by atoms with Gasteiger partial charge in [-0.15, -0.1) is 0 Å². The number of hydrogen-bond donors (Lipinski definition) is 3. The fourth-order valence-electron chi connectivity index (χ4n) is 1.14. The summed E-state index contributed by atoms with van der Waals surface area (Å²) >= 11 is 5.89. The van der Waals surface area contributed by atoms with Crippen LogP contribution in [0.15, 0.2) is 18.2 Å². The average Bonchev–Trinajstić information content (AvgIpc) is 2.25. The topological polar surface area (TPSA) is 93.4 Å². The molecule has 0 heterocycles. The minimum absolute atomic E-state index is 0.0778. The van der Waals surface area contributed by atoms with Gasteiger partial charge in [-0.2, -0.15) is 0 Å². The van der Waals surface area contributed by atoms with E-state index in [1.165, 1.54) is 7.11 Å². The summed E-state index contributed by atoms with van der Waals surface area (Å²) in [5, 5.41) is 5.14. The number of imide groups is 1. The van der Waals surface area contributed by atoms with Crippen molar-refractivity contribution in [2.45, 2.75) is 0 Å². The van der Waals surface area contributed by atoms with Crippen LogP contribution in [0.25, 0.3) is 0 Å². The van der Waals surface area contributed by atoms with Gasteiger partial charge in [0, 0.05) is 5.69 Å². The predicted molar refractivity (Wildman–Crippen MR) is 64.2 cm³/mol. The lowest BCUT2D eigenvalue weighted by molar-refractivity contribution is -0.118. The molecule has 0 saturated heterocycles. The van der Waals surface area contributed by atoms with Crippen molar-refractivity contribution in [1.29, 1.82) is 0 Å². The highest BCUT2D eigenvalue weighted by Gasteiger charge is 2.05. The number of carbonyl (C=O) groups is 2. The summed E-state index contributed by atoms with van der Waals surface area (Å²) < 4.78 is 4.98. The van der Waals surface area contributed by atoms with Crippen LogP contribution in [-0.2, 0) is 4.79 Å². The number of methoxy groups -OCH3 is 1. The predicted octanol–water partition coefficient (Wildman–Crippen LogP) is 0.955. The molecule has 17 heavy (non-hydrogen) atoms. The number of hydrogen-bond acceptors (Lipinski definition) is 4. The van der Waals surface area contributed by atoms with Crippen LogP contribution in [0.4, 0.5) is 10.5 Å². The molecule has 0 aliphatic heterocycles. The molecule has 4 N–H and O–H groups in total. The number of urea groups is 1. The fourth-order valence-corrected chi connectivity index (χ4v) is 1.40. The van der Waals surface area contributed by atoms with E-state index in [0.29, 0.717) is 16.5 Å². The van der Waals surface area contributed by atoms with Gasteiger partial charge >= 0.3 is 6.03 Å². The number of primary amides is 1. The lowest BCUT2D eigenvalue weighted by Gasteiger charge is -2.08. The van der Waals surface area contributed by atoms with Crippen molar-refractivity contribution in [3.8, 4) is 5.75 Å². The smallest absolute Gasteiger partial charge is 0.318 e. The first-order valence-electron chi connectivity index (χ1n) is 4.69. The number of rotatable bonds is 4. The Balaban J connectivity index is 2.55. The summed E-state index contributed by atoms with van der Waals surface area (Å²) in [7, 11) is 1.51. The molecule has 0 aromatic heterocycles. The molecule has 0 saturated carbocycles. The Morgan fingerprint density at radius 3 is 2.71 bits per heavy atom. The third-order valence-corrected chi connectivity index (χ3v) is 2.16. The quantitative estimate of drug-likeness (QED) is 0.749. The molecule has 1 aromatic carbocycles. The standard InChI is InChI=1S/C10H12ClN3O3/c1-17-8-3-2-6(4-7(8)11)13-5-9(15)14-10(12)16/h2-4,13H,5H2,1H3,(H3,12,14,15,16). The average molecular weight is 258 g/mol. The molecule has 0 aliphatic carbocycles. The Morgan fingerprint density at radius 2 is 2.18 bits per heavy atom. The maximum atomic E-state index is 11.1. The molecule has 92 valence electrons. The van der Waals surface area contributed by atoms with Gasteiger partial charge in [0.2, 0.25) is 5.91 Å². The minimum Gasteiger partial charge on any atom is -0.495 e. The number of ether oxygens (including phenoxy) is 1. The van der Waals surface area contributed by atoms with Gasteiger partial charge in [-0.05, 0) is 18.2 Å². The largest absolute Gasteiger partial charge is 0.495 e. The van der Waals surface area contributed by atoms with Gasteiger partial charge in [0.25, 0.3) is 0 Å². The van der Waals surface area contributed by atoms with E-state index in [-0.39, 0.29) is 6.54 Å². The molecule has 0 spiro atoms. The van der Waals surface area contributed by atoms with Crippen molar-refractivity contribution in [1.82, 2.24) is 5.32 Å². The van der Waals surface area contributed by atoms with E-state index in [4.69, 9.17) is 22.1 Å². The van der Waals surface area contributed by atoms with Crippen LogP contribution >= 0.6 is 11.6 Å². The first-order chi connectivity index (χ1) is 8.02. The van der Waals surface area contributed by atoms with E-state index >= 15 is 0 Å². The summed E-state index contributed by atoms with van der Waals surface area (Å²) in [6.07, 6.45) is 0.